The summed E-state index contributed by atoms with van der Waals surface area (Å²) in [6.45, 7) is 2.18. The van der Waals surface area contributed by atoms with E-state index in [0.717, 1.165) is 4.57 Å². The molecule has 2 aromatic rings. The number of nitriles is 1. The molecular weight excluding hydrogens is 344 g/mol. The van der Waals surface area contributed by atoms with E-state index < -0.39 is 5.56 Å². The van der Waals surface area contributed by atoms with E-state index in [1.54, 1.807) is 38.3 Å². The first-order chi connectivity index (χ1) is 12.0. The largest absolute Gasteiger partial charge is 0.493 e. The van der Waals surface area contributed by atoms with Gasteiger partial charge in [-0.1, -0.05) is 11.6 Å². The molecule has 0 atom stereocenters. The number of rotatable bonds is 6. The average Bonchev–Trinajstić information content (AvgIpc) is 2.60. The van der Waals surface area contributed by atoms with Crippen molar-refractivity contribution < 1.29 is 9.84 Å². The summed E-state index contributed by atoms with van der Waals surface area (Å²) in [5, 5.41) is 28.1. The molecule has 1 aromatic heterocycles. The predicted molar refractivity (Wildman–Crippen MR) is 93.9 cm³/mol. The van der Waals surface area contributed by atoms with Gasteiger partial charge in [0.1, 0.15) is 11.6 Å². The van der Waals surface area contributed by atoms with Gasteiger partial charge in [0.25, 0.3) is 5.56 Å². The number of ether oxygens (including phenoxy) is 1. The molecule has 130 valence electrons. The topological polar surface area (TPSA) is 100.0 Å². The van der Waals surface area contributed by atoms with Crippen LogP contribution < -0.4 is 5.56 Å². The average molecular weight is 361 g/mol. The summed E-state index contributed by atoms with van der Waals surface area (Å²) in [4.78, 5) is 12.6. The zero-order chi connectivity index (χ0) is 18.4. The smallest absolute Gasteiger partial charge is 0.281 e. The molecule has 0 amide bonds. The van der Waals surface area contributed by atoms with Gasteiger partial charge in [-0.25, -0.2) is 0 Å². The summed E-state index contributed by atoms with van der Waals surface area (Å²) in [7, 11) is 1.55. The van der Waals surface area contributed by atoms with Gasteiger partial charge in [0.05, 0.1) is 5.69 Å². The van der Waals surface area contributed by atoms with E-state index in [1.165, 1.54) is 0 Å². The summed E-state index contributed by atoms with van der Waals surface area (Å²) in [6, 6.07) is 8.53. The Morgan fingerprint density at radius 3 is 2.60 bits per heavy atom. The molecule has 25 heavy (non-hydrogen) atoms. The fourth-order valence-corrected chi connectivity index (χ4v) is 2.37. The molecule has 0 fully saturated rings. The zero-order valence-electron chi connectivity index (χ0n) is 13.9. The number of halogens is 1. The molecule has 0 radical (unpaired) electrons. The molecule has 1 aromatic carbocycles. The van der Waals surface area contributed by atoms with Crippen LogP contribution in [0.2, 0.25) is 5.02 Å². The van der Waals surface area contributed by atoms with E-state index in [0.29, 0.717) is 23.7 Å². The van der Waals surface area contributed by atoms with Gasteiger partial charge in [-0.15, -0.1) is 5.11 Å². The highest BCUT2D eigenvalue weighted by Gasteiger charge is 2.18. The fraction of sp³-hybridized carbons (Fsp3) is 0.294. The van der Waals surface area contributed by atoms with Crippen LogP contribution in [0.3, 0.4) is 0 Å². The number of aromatic hydroxyl groups is 1. The summed E-state index contributed by atoms with van der Waals surface area (Å²) in [5.41, 5.74) is 0.304. The van der Waals surface area contributed by atoms with Gasteiger partial charge in [-0.3, -0.25) is 9.36 Å². The molecule has 1 heterocycles. The van der Waals surface area contributed by atoms with Gasteiger partial charge in [0, 0.05) is 30.8 Å². The Bertz CT molecular complexity index is 883. The number of benzene rings is 1. The first-order valence-corrected chi connectivity index (χ1v) is 7.90. The van der Waals surface area contributed by atoms with E-state index >= 15 is 0 Å². The minimum atomic E-state index is -0.511. The van der Waals surface area contributed by atoms with Gasteiger partial charge in [0.2, 0.25) is 5.88 Å². The van der Waals surface area contributed by atoms with Gasteiger partial charge in [-0.05, 0) is 37.6 Å². The van der Waals surface area contributed by atoms with Crippen molar-refractivity contribution in [2.24, 2.45) is 10.2 Å². The Balaban J connectivity index is 2.49. The van der Waals surface area contributed by atoms with Crippen LogP contribution in [0.1, 0.15) is 17.5 Å². The van der Waals surface area contributed by atoms with E-state index in [9.17, 15) is 15.2 Å². The summed E-state index contributed by atoms with van der Waals surface area (Å²) < 4.78 is 6.07. The Hall–Kier alpha value is -2.69. The van der Waals surface area contributed by atoms with Crippen molar-refractivity contribution in [1.29, 1.82) is 5.26 Å². The standard InChI is InChI=1S/C17H17ClN4O3/c1-11-14(10-19)16(23)22(8-3-9-25-2)17(24)15(11)21-20-13-6-4-12(18)5-7-13/h4-7,23H,3,8-9H2,1-2H3. The van der Waals surface area contributed by atoms with Crippen molar-refractivity contribution in [2.45, 2.75) is 19.9 Å². The van der Waals surface area contributed by atoms with E-state index in [4.69, 9.17) is 16.3 Å². The lowest BCUT2D eigenvalue weighted by atomic mass is 10.1. The number of nitrogens with zero attached hydrogens (tertiary/aromatic N) is 4. The van der Waals surface area contributed by atoms with Crippen molar-refractivity contribution >= 4 is 23.0 Å². The minimum Gasteiger partial charge on any atom is -0.493 e. The second kappa shape index (κ2) is 8.42. The van der Waals surface area contributed by atoms with Crippen molar-refractivity contribution in [2.75, 3.05) is 13.7 Å². The Kier molecular flexibility index (Phi) is 6.28. The van der Waals surface area contributed by atoms with Crippen LogP contribution in [0.25, 0.3) is 0 Å². The van der Waals surface area contributed by atoms with Crippen LogP contribution in [0.15, 0.2) is 39.3 Å². The molecule has 0 bridgehead atoms. The molecule has 1 N–H and O–H groups in total. The highest BCUT2D eigenvalue weighted by Crippen LogP contribution is 2.27. The van der Waals surface area contributed by atoms with Crippen LogP contribution in [-0.2, 0) is 11.3 Å². The molecule has 0 aliphatic rings. The minimum absolute atomic E-state index is 0.00192. The van der Waals surface area contributed by atoms with Crippen LogP contribution >= 0.6 is 11.6 Å². The SMILES string of the molecule is COCCCn1c(O)c(C#N)c(C)c(N=Nc2ccc(Cl)cc2)c1=O. The van der Waals surface area contributed by atoms with Crippen LogP contribution in [0, 0.1) is 18.3 Å². The Labute approximate surface area is 149 Å². The monoisotopic (exact) mass is 360 g/mol. The molecule has 0 saturated heterocycles. The highest BCUT2D eigenvalue weighted by atomic mass is 35.5. The zero-order valence-corrected chi connectivity index (χ0v) is 14.6. The summed E-state index contributed by atoms with van der Waals surface area (Å²) >= 11 is 5.82. The number of pyridine rings is 1. The number of hydrogen-bond acceptors (Lipinski definition) is 6. The molecule has 0 unspecified atom stereocenters. The van der Waals surface area contributed by atoms with Crippen molar-refractivity contribution in [3.63, 3.8) is 0 Å². The Morgan fingerprint density at radius 2 is 2.00 bits per heavy atom. The third-order valence-electron chi connectivity index (χ3n) is 3.59. The maximum absolute atomic E-state index is 12.6. The molecule has 0 aliphatic carbocycles. The second-order valence-corrected chi connectivity index (χ2v) is 5.70. The number of aromatic nitrogens is 1. The van der Waals surface area contributed by atoms with Crippen LogP contribution in [0.4, 0.5) is 11.4 Å². The molecule has 8 heteroatoms. The van der Waals surface area contributed by atoms with E-state index in [-0.39, 0.29) is 29.2 Å². The third kappa shape index (κ3) is 4.24. The molecule has 2 rings (SSSR count). The lowest BCUT2D eigenvalue weighted by Gasteiger charge is -2.12. The van der Waals surface area contributed by atoms with E-state index in [1.807, 2.05) is 6.07 Å². The van der Waals surface area contributed by atoms with Crippen molar-refractivity contribution in [3.8, 4) is 11.9 Å². The molecule has 0 saturated carbocycles. The molecular formula is C17H17ClN4O3. The number of methoxy groups -OCH3 is 1. The lowest BCUT2D eigenvalue weighted by Crippen LogP contribution is -2.22. The van der Waals surface area contributed by atoms with Crippen LogP contribution in [0.5, 0.6) is 5.88 Å². The first-order valence-electron chi connectivity index (χ1n) is 7.52. The van der Waals surface area contributed by atoms with Crippen molar-refractivity contribution in [1.82, 2.24) is 4.57 Å². The lowest BCUT2D eigenvalue weighted by molar-refractivity contribution is 0.188. The number of azo groups is 1. The molecule has 7 nitrogen and oxygen atoms in total. The highest BCUT2D eigenvalue weighted by molar-refractivity contribution is 6.30. The third-order valence-corrected chi connectivity index (χ3v) is 3.84. The quantitative estimate of drug-likeness (QED) is 0.624. The predicted octanol–water partition coefficient (Wildman–Crippen LogP) is 3.84. The molecule has 0 spiro atoms. The van der Waals surface area contributed by atoms with Gasteiger partial charge in [-0.2, -0.15) is 10.4 Å². The van der Waals surface area contributed by atoms with Gasteiger partial charge >= 0.3 is 0 Å². The number of hydrogen-bond donors (Lipinski definition) is 1. The maximum Gasteiger partial charge on any atom is 0.281 e. The molecule has 0 aliphatic heterocycles. The summed E-state index contributed by atoms with van der Waals surface area (Å²) in [5.74, 6) is -0.369. The first kappa shape index (κ1) is 18.6. The van der Waals surface area contributed by atoms with E-state index in [2.05, 4.69) is 10.2 Å². The normalized spacial score (nSPS) is 11.0. The second-order valence-electron chi connectivity index (χ2n) is 5.26. The van der Waals surface area contributed by atoms with Crippen LogP contribution in [-0.4, -0.2) is 23.4 Å². The van der Waals surface area contributed by atoms with Gasteiger partial charge in [0.15, 0.2) is 5.69 Å². The fourth-order valence-electron chi connectivity index (χ4n) is 2.25. The van der Waals surface area contributed by atoms with Crippen molar-refractivity contribution in [3.05, 3.63) is 50.8 Å². The maximum atomic E-state index is 12.6. The van der Waals surface area contributed by atoms with Gasteiger partial charge < -0.3 is 9.84 Å². The Morgan fingerprint density at radius 1 is 1.32 bits per heavy atom. The summed E-state index contributed by atoms with van der Waals surface area (Å²) in [6.07, 6.45) is 0.506.